The van der Waals surface area contributed by atoms with E-state index in [-0.39, 0.29) is 0 Å². The highest BCUT2D eigenvalue weighted by molar-refractivity contribution is 5.19. The fourth-order valence-corrected chi connectivity index (χ4v) is 5.30. The van der Waals surface area contributed by atoms with Crippen molar-refractivity contribution in [3.63, 3.8) is 0 Å². The molecule has 2 aliphatic rings. The molecule has 2 aromatic heterocycles. The SMILES string of the molecule is Cc1cc(OCCCN2CCN(C3CC(C(C)(C)C)C3c3ccncn3)CC2)n(C)n1. The number of hydrogen-bond acceptors (Lipinski definition) is 6. The molecule has 3 heterocycles. The summed E-state index contributed by atoms with van der Waals surface area (Å²) in [4.78, 5) is 14.1. The second-order valence-electron chi connectivity index (χ2n) is 10.3. The van der Waals surface area contributed by atoms with Crippen molar-refractivity contribution in [1.82, 2.24) is 29.5 Å². The predicted molar refractivity (Wildman–Crippen MR) is 122 cm³/mol. The molecule has 3 atom stereocenters. The maximum atomic E-state index is 5.89. The number of nitrogens with zero attached hydrogens (tertiary/aromatic N) is 6. The number of ether oxygens (including phenoxy) is 1. The third-order valence-electron chi connectivity index (χ3n) is 7.11. The molecule has 31 heavy (non-hydrogen) atoms. The molecule has 0 aromatic carbocycles. The lowest BCUT2D eigenvalue weighted by atomic mass is 9.57. The minimum atomic E-state index is 0.306. The van der Waals surface area contributed by atoms with Gasteiger partial charge >= 0.3 is 0 Å². The monoisotopic (exact) mass is 426 g/mol. The van der Waals surface area contributed by atoms with Crippen LogP contribution < -0.4 is 4.74 Å². The van der Waals surface area contributed by atoms with Crippen LogP contribution in [0.15, 0.2) is 24.7 Å². The van der Waals surface area contributed by atoms with Crippen LogP contribution in [0.25, 0.3) is 0 Å². The van der Waals surface area contributed by atoms with Gasteiger partial charge in [-0.25, -0.2) is 14.6 Å². The van der Waals surface area contributed by atoms with Crippen LogP contribution in [-0.4, -0.2) is 74.9 Å². The van der Waals surface area contributed by atoms with Crippen LogP contribution >= 0.6 is 0 Å². The second-order valence-corrected chi connectivity index (χ2v) is 10.3. The van der Waals surface area contributed by atoms with Crippen LogP contribution in [0, 0.1) is 18.3 Å². The van der Waals surface area contributed by atoms with E-state index in [1.165, 1.54) is 12.1 Å². The van der Waals surface area contributed by atoms with Gasteiger partial charge < -0.3 is 9.64 Å². The van der Waals surface area contributed by atoms with Gasteiger partial charge in [-0.15, -0.1) is 0 Å². The molecule has 1 aliphatic heterocycles. The Morgan fingerprint density at radius 2 is 1.94 bits per heavy atom. The number of piperazine rings is 1. The Morgan fingerprint density at radius 3 is 2.55 bits per heavy atom. The minimum Gasteiger partial charge on any atom is -0.478 e. The van der Waals surface area contributed by atoms with Gasteiger partial charge in [0, 0.05) is 69.7 Å². The molecule has 2 fully saturated rings. The van der Waals surface area contributed by atoms with E-state index in [9.17, 15) is 0 Å². The van der Waals surface area contributed by atoms with Gasteiger partial charge in [0.05, 0.1) is 12.3 Å². The van der Waals surface area contributed by atoms with Crippen molar-refractivity contribution >= 4 is 0 Å². The summed E-state index contributed by atoms with van der Waals surface area (Å²) in [7, 11) is 1.93. The number of rotatable bonds is 7. The first-order chi connectivity index (χ1) is 14.8. The van der Waals surface area contributed by atoms with Crippen molar-refractivity contribution in [2.24, 2.45) is 18.4 Å². The molecule has 0 amide bonds. The summed E-state index contributed by atoms with van der Waals surface area (Å²) in [6.07, 6.45) is 5.92. The summed E-state index contributed by atoms with van der Waals surface area (Å²) in [5.41, 5.74) is 2.52. The third kappa shape index (κ3) is 5.09. The van der Waals surface area contributed by atoms with Gasteiger partial charge in [-0.05, 0) is 37.2 Å². The predicted octanol–water partition coefficient (Wildman–Crippen LogP) is 3.12. The van der Waals surface area contributed by atoms with Crippen LogP contribution in [0.4, 0.5) is 0 Å². The summed E-state index contributed by atoms with van der Waals surface area (Å²) < 4.78 is 7.70. The van der Waals surface area contributed by atoms with Gasteiger partial charge in [-0.3, -0.25) is 4.90 Å². The van der Waals surface area contributed by atoms with Gasteiger partial charge in [0.15, 0.2) is 0 Å². The van der Waals surface area contributed by atoms with Crippen LogP contribution in [0.5, 0.6) is 5.88 Å². The fourth-order valence-electron chi connectivity index (χ4n) is 5.30. The molecule has 1 saturated carbocycles. The molecule has 3 unspecified atom stereocenters. The Kier molecular flexibility index (Phi) is 6.63. The lowest BCUT2D eigenvalue weighted by Gasteiger charge is -2.56. The molecule has 0 radical (unpaired) electrons. The Hall–Kier alpha value is -1.99. The Balaban J connectivity index is 1.25. The summed E-state index contributed by atoms with van der Waals surface area (Å²) >= 11 is 0. The van der Waals surface area contributed by atoms with E-state index >= 15 is 0 Å². The first-order valence-corrected chi connectivity index (χ1v) is 11.7. The van der Waals surface area contributed by atoms with Crippen LogP contribution in [-0.2, 0) is 7.05 Å². The highest BCUT2D eigenvalue weighted by Gasteiger charge is 2.50. The molecular formula is C24H38N6O. The smallest absolute Gasteiger partial charge is 0.211 e. The molecule has 7 heteroatoms. The molecule has 170 valence electrons. The summed E-state index contributed by atoms with van der Waals surface area (Å²) in [5, 5.41) is 4.33. The van der Waals surface area contributed by atoms with Crippen molar-refractivity contribution < 1.29 is 4.74 Å². The van der Waals surface area contributed by atoms with Crippen molar-refractivity contribution in [2.75, 3.05) is 39.3 Å². The summed E-state index contributed by atoms with van der Waals surface area (Å²) in [6, 6.07) is 4.73. The van der Waals surface area contributed by atoms with E-state index < -0.39 is 0 Å². The molecule has 0 spiro atoms. The Labute approximate surface area is 186 Å². The standard InChI is InChI=1S/C24H38N6O/c1-18-15-22(28(5)27-18)31-14-6-9-29-10-12-30(13-11-29)21-16-19(24(2,3)4)23(21)20-7-8-25-17-26-20/h7-8,15,17,19,21,23H,6,9-14,16H2,1-5H3. The topological polar surface area (TPSA) is 59.3 Å². The zero-order chi connectivity index (χ0) is 22.0. The first kappa shape index (κ1) is 22.2. The zero-order valence-corrected chi connectivity index (χ0v) is 19.8. The van der Waals surface area contributed by atoms with Crippen LogP contribution in [0.2, 0.25) is 0 Å². The lowest BCUT2D eigenvalue weighted by Crippen LogP contribution is -2.59. The molecule has 4 rings (SSSR count). The first-order valence-electron chi connectivity index (χ1n) is 11.7. The molecule has 0 bridgehead atoms. The van der Waals surface area contributed by atoms with E-state index in [0.29, 0.717) is 23.3 Å². The van der Waals surface area contributed by atoms with Crippen molar-refractivity contribution in [3.8, 4) is 5.88 Å². The highest BCUT2D eigenvalue weighted by atomic mass is 16.5. The fraction of sp³-hybridized carbons (Fsp3) is 0.708. The quantitative estimate of drug-likeness (QED) is 0.634. The Bertz CT molecular complexity index is 837. The van der Waals surface area contributed by atoms with Crippen molar-refractivity contribution in [2.45, 2.75) is 52.5 Å². The minimum absolute atomic E-state index is 0.306. The van der Waals surface area contributed by atoms with E-state index in [2.05, 4.69) is 51.7 Å². The van der Waals surface area contributed by atoms with Gasteiger partial charge in [0.1, 0.15) is 6.33 Å². The van der Waals surface area contributed by atoms with Gasteiger partial charge in [0.25, 0.3) is 0 Å². The van der Waals surface area contributed by atoms with Gasteiger partial charge in [-0.2, -0.15) is 5.10 Å². The normalized spacial score (nSPS) is 25.4. The average molecular weight is 427 g/mol. The molecule has 1 saturated heterocycles. The Morgan fingerprint density at radius 1 is 1.16 bits per heavy atom. The van der Waals surface area contributed by atoms with Crippen molar-refractivity contribution in [1.29, 1.82) is 0 Å². The highest BCUT2D eigenvalue weighted by Crippen LogP contribution is 2.53. The molecule has 2 aromatic rings. The van der Waals surface area contributed by atoms with Gasteiger partial charge in [-0.1, -0.05) is 20.8 Å². The number of aryl methyl sites for hydroxylation is 2. The zero-order valence-electron chi connectivity index (χ0n) is 19.8. The van der Waals surface area contributed by atoms with Crippen molar-refractivity contribution in [3.05, 3.63) is 36.0 Å². The molecule has 1 aliphatic carbocycles. The third-order valence-corrected chi connectivity index (χ3v) is 7.11. The summed E-state index contributed by atoms with van der Waals surface area (Å²) in [5.74, 6) is 2.06. The average Bonchev–Trinajstić information content (AvgIpc) is 3.02. The number of hydrogen-bond donors (Lipinski definition) is 0. The largest absolute Gasteiger partial charge is 0.478 e. The van der Waals surface area contributed by atoms with E-state index in [4.69, 9.17) is 4.74 Å². The maximum absolute atomic E-state index is 5.89. The molecule has 0 N–H and O–H groups in total. The molecule has 7 nitrogen and oxygen atoms in total. The van der Waals surface area contributed by atoms with Crippen LogP contribution in [0.3, 0.4) is 0 Å². The molecular weight excluding hydrogens is 388 g/mol. The number of aromatic nitrogens is 4. The van der Waals surface area contributed by atoms with E-state index in [1.807, 2.05) is 30.9 Å². The van der Waals surface area contributed by atoms with E-state index in [0.717, 1.165) is 57.3 Å². The van der Waals surface area contributed by atoms with Crippen LogP contribution in [0.1, 0.15) is 50.9 Å². The second kappa shape index (κ2) is 9.25. The van der Waals surface area contributed by atoms with E-state index in [1.54, 1.807) is 6.33 Å². The lowest BCUT2D eigenvalue weighted by molar-refractivity contribution is -0.0296. The summed E-state index contributed by atoms with van der Waals surface area (Å²) in [6.45, 7) is 15.5. The van der Waals surface area contributed by atoms with Gasteiger partial charge in [0.2, 0.25) is 5.88 Å². The maximum Gasteiger partial charge on any atom is 0.211 e.